The second kappa shape index (κ2) is 8.91. The molecule has 1 amide bonds. The first-order valence-corrected chi connectivity index (χ1v) is 11.5. The number of amides is 1. The number of hydrogen-bond acceptors (Lipinski definition) is 6. The third-order valence-corrected chi connectivity index (χ3v) is 5.48. The average Bonchev–Trinajstić information content (AvgIpc) is 3.07. The Kier molecular flexibility index (Phi) is 6.87. The summed E-state index contributed by atoms with van der Waals surface area (Å²) in [6.45, 7) is 16.5. The number of aromatic nitrogens is 1. The molecule has 7 nitrogen and oxygen atoms in total. The molecule has 8 heteroatoms. The smallest absolute Gasteiger partial charge is 0.410 e. The summed E-state index contributed by atoms with van der Waals surface area (Å²) < 4.78 is 12.7. The Morgan fingerprint density at radius 3 is 2.30 bits per heavy atom. The third-order valence-electron chi connectivity index (χ3n) is 5.05. The van der Waals surface area contributed by atoms with Crippen molar-refractivity contribution in [1.82, 2.24) is 9.88 Å². The van der Waals surface area contributed by atoms with Crippen LogP contribution in [0, 0.1) is 0 Å². The number of pyridine rings is 1. The lowest BCUT2D eigenvalue weighted by Crippen LogP contribution is -2.50. The van der Waals surface area contributed by atoms with Gasteiger partial charge in [0, 0.05) is 49.9 Å². The molecule has 0 radical (unpaired) electrons. The highest BCUT2D eigenvalue weighted by Crippen LogP contribution is 2.34. The van der Waals surface area contributed by atoms with Crippen LogP contribution < -0.4 is 9.80 Å². The predicted octanol–water partition coefficient (Wildman–Crippen LogP) is 4.30. The highest BCUT2D eigenvalue weighted by molar-refractivity contribution is 9.10. The van der Waals surface area contributed by atoms with Gasteiger partial charge in [0.15, 0.2) is 5.82 Å². The molecule has 2 fully saturated rings. The number of ether oxygens (including phenoxy) is 2. The highest BCUT2D eigenvalue weighted by atomic mass is 79.9. The molecule has 2 saturated heterocycles. The minimum Gasteiger partial charge on any atom is -0.444 e. The van der Waals surface area contributed by atoms with Crippen LogP contribution in [0.2, 0.25) is 0 Å². The molecule has 3 heterocycles. The van der Waals surface area contributed by atoms with Gasteiger partial charge in [0.05, 0.1) is 17.4 Å². The van der Waals surface area contributed by atoms with E-state index in [1.54, 1.807) is 4.90 Å². The van der Waals surface area contributed by atoms with Gasteiger partial charge in [0.1, 0.15) is 5.60 Å². The van der Waals surface area contributed by atoms with Crippen molar-refractivity contribution in [3.05, 3.63) is 16.7 Å². The maximum Gasteiger partial charge on any atom is 0.410 e. The van der Waals surface area contributed by atoms with Gasteiger partial charge in [-0.3, -0.25) is 0 Å². The van der Waals surface area contributed by atoms with Crippen LogP contribution in [0.3, 0.4) is 0 Å². The van der Waals surface area contributed by atoms with Crippen LogP contribution >= 0.6 is 15.9 Å². The zero-order chi connectivity index (χ0) is 22.1. The summed E-state index contributed by atoms with van der Waals surface area (Å²) in [5.41, 5.74) is 0.502. The fourth-order valence-electron chi connectivity index (χ4n) is 3.87. The second-order valence-electron chi connectivity index (χ2n) is 10.0. The lowest BCUT2D eigenvalue weighted by atomic mass is 10.2. The second-order valence-corrected chi connectivity index (χ2v) is 11.0. The minimum absolute atomic E-state index is 0.142. The van der Waals surface area contributed by atoms with Crippen molar-refractivity contribution >= 4 is 33.5 Å². The molecule has 1 aromatic heterocycles. The van der Waals surface area contributed by atoms with Crippen LogP contribution in [0.5, 0.6) is 0 Å². The van der Waals surface area contributed by atoms with Gasteiger partial charge in [-0.05, 0) is 70.0 Å². The van der Waals surface area contributed by atoms with Crippen LogP contribution in [-0.2, 0) is 9.47 Å². The highest BCUT2D eigenvalue weighted by Gasteiger charge is 2.31. The summed E-state index contributed by atoms with van der Waals surface area (Å²) in [6.07, 6.45) is 2.84. The van der Waals surface area contributed by atoms with Crippen molar-refractivity contribution in [3.8, 4) is 0 Å². The Morgan fingerprint density at radius 1 is 1.03 bits per heavy atom. The molecule has 0 spiro atoms. The van der Waals surface area contributed by atoms with Gasteiger partial charge in [0.2, 0.25) is 0 Å². The van der Waals surface area contributed by atoms with Gasteiger partial charge in [-0.15, -0.1) is 0 Å². The quantitative estimate of drug-likeness (QED) is 0.639. The van der Waals surface area contributed by atoms with Crippen LogP contribution in [-0.4, -0.2) is 72.6 Å². The van der Waals surface area contributed by atoms with E-state index in [-0.39, 0.29) is 17.8 Å². The van der Waals surface area contributed by atoms with Gasteiger partial charge >= 0.3 is 6.09 Å². The van der Waals surface area contributed by atoms with Gasteiger partial charge in [-0.2, -0.15) is 0 Å². The third kappa shape index (κ3) is 6.23. The summed E-state index contributed by atoms with van der Waals surface area (Å²) in [5.74, 6) is 0.971. The molecule has 3 rings (SSSR count). The molecule has 0 saturated carbocycles. The van der Waals surface area contributed by atoms with E-state index in [1.807, 2.05) is 27.0 Å². The van der Waals surface area contributed by atoms with Crippen molar-refractivity contribution in [2.45, 2.75) is 65.3 Å². The van der Waals surface area contributed by atoms with Crippen LogP contribution in [0.4, 0.5) is 16.3 Å². The zero-order valence-corrected chi connectivity index (χ0v) is 20.7. The fourth-order valence-corrected chi connectivity index (χ4v) is 4.19. The van der Waals surface area contributed by atoms with Gasteiger partial charge in [-0.25, -0.2) is 9.78 Å². The van der Waals surface area contributed by atoms with E-state index in [4.69, 9.17) is 14.5 Å². The Hall–Kier alpha value is -1.54. The molecule has 1 atom stereocenters. The first-order chi connectivity index (χ1) is 13.9. The van der Waals surface area contributed by atoms with E-state index in [1.165, 1.54) is 0 Å². The van der Waals surface area contributed by atoms with Crippen LogP contribution in [0.1, 0.15) is 48.0 Å². The SMILES string of the molecule is CC(C)(C)OC(=O)N1CCN(c2ncc(Br)cc2N2CCC(OC(C)(C)C)C2)CC1. The van der Waals surface area contributed by atoms with Crippen molar-refractivity contribution in [2.75, 3.05) is 49.1 Å². The summed E-state index contributed by atoms with van der Waals surface area (Å²) in [6, 6.07) is 2.14. The molecule has 0 aromatic carbocycles. The molecular formula is C22H35BrN4O3. The molecule has 30 heavy (non-hydrogen) atoms. The number of rotatable bonds is 3. The zero-order valence-electron chi connectivity index (χ0n) is 19.1. The molecular weight excluding hydrogens is 448 g/mol. The molecule has 1 aromatic rings. The Labute approximate surface area is 188 Å². The molecule has 1 unspecified atom stereocenters. The van der Waals surface area contributed by atoms with Gasteiger partial charge in [-0.1, -0.05) is 0 Å². The Bertz CT molecular complexity index is 752. The fraction of sp³-hybridized carbons (Fsp3) is 0.727. The van der Waals surface area contributed by atoms with Crippen molar-refractivity contribution in [1.29, 1.82) is 0 Å². The summed E-state index contributed by atoms with van der Waals surface area (Å²) in [7, 11) is 0. The first kappa shape index (κ1) is 23.1. The number of piperazine rings is 1. The number of hydrogen-bond donors (Lipinski definition) is 0. The van der Waals surface area contributed by atoms with E-state index < -0.39 is 5.60 Å². The summed E-state index contributed by atoms with van der Waals surface area (Å²) in [4.78, 5) is 23.5. The summed E-state index contributed by atoms with van der Waals surface area (Å²) >= 11 is 3.58. The monoisotopic (exact) mass is 482 g/mol. The average molecular weight is 483 g/mol. The largest absolute Gasteiger partial charge is 0.444 e. The van der Waals surface area contributed by atoms with Crippen LogP contribution in [0.15, 0.2) is 16.7 Å². The van der Waals surface area contributed by atoms with E-state index in [2.05, 4.69) is 52.6 Å². The summed E-state index contributed by atoms with van der Waals surface area (Å²) in [5, 5.41) is 0. The molecule has 0 bridgehead atoms. The number of nitrogens with zero attached hydrogens (tertiary/aromatic N) is 4. The maximum absolute atomic E-state index is 12.4. The van der Waals surface area contributed by atoms with Crippen molar-refractivity contribution < 1.29 is 14.3 Å². The topological polar surface area (TPSA) is 58.1 Å². The van der Waals surface area contributed by atoms with E-state index in [0.29, 0.717) is 13.1 Å². The Morgan fingerprint density at radius 2 is 1.70 bits per heavy atom. The standard InChI is InChI=1S/C22H35BrN4O3/c1-21(2,3)29-17-7-8-27(15-17)18-13-16(23)14-24-19(18)25-9-11-26(12-10-25)20(28)30-22(4,5)6/h13-14,17H,7-12,15H2,1-6H3. The lowest BCUT2D eigenvalue weighted by molar-refractivity contribution is -0.0492. The van der Waals surface area contributed by atoms with Crippen molar-refractivity contribution in [2.24, 2.45) is 0 Å². The number of carbonyl (C=O) groups excluding carboxylic acids is 1. The van der Waals surface area contributed by atoms with Gasteiger partial charge in [0.25, 0.3) is 0 Å². The number of halogens is 1. The molecule has 2 aliphatic heterocycles. The minimum atomic E-state index is -0.476. The lowest BCUT2D eigenvalue weighted by Gasteiger charge is -2.37. The first-order valence-electron chi connectivity index (χ1n) is 10.7. The molecule has 2 aliphatic rings. The van der Waals surface area contributed by atoms with Gasteiger partial charge < -0.3 is 24.2 Å². The molecule has 0 N–H and O–H groups in total. The normalized spacial score (nSPS) is 20.6. The molecule has 168 valence electrons. The van der Waals surface area contributed by atoms with E-state index in [0.717, 1.165) is 48.6 Å². The predicted molar refractivity (Wildman–Crippen MR) is 123 cm³/mol. The molecule has 0 aliphatic carbocycles. The maximum atomic E-state index is 12.4. The number of anilines is 2. The Balaban J connectivity index is 1.67. The van der Waals surface area contributed by atoms with E-state index >= 15 is 0 Å². The number of carbonyl (C=O) groups is 1. The van der Waals surface area contributed by atoms with E-state index in [9.17, 15) is 4.79 Å². The van der Waals surface area contributed by atoms with Crippen molar-refractivity contribution in [3.63, 3.8) is 0 Å². The van der Waals surface area contributed by atoms with Crippen LogP contribution in [0.25, 0.3) is 0 Å².